The largest absolute Gasteiger partial charge is 0.490 e. The highest BCUT2D eigenvalue weighted by molar-refractivity contribution is 5.78. The number of nitrogens with zero attached hydrogens (tertiary/aromatic N) is 1. The molecule has 1 aromatic carbocycles. The first-order valence-electron chi connectivity index (χ1n) is 9.89. The zero-order valence-corrected chi connectivity index (χ0v) is 16.5. The van der Waals surface area contributed by atoms with Crippen LogP contribution in [0, 0.1) is 17.2 Å². The Labute approximate surface area is 161 Å². The van der Waals surface area contributed by atoms with Crippen LogP contribution < -0.4 is 19.7 Å². The minimum Gasteiger partial charge on any atom is -0.490 e. The number of benzene rings is 1. The highest BCUT2D eigenvalue weighted by Gasteiger charge is 2.35. The third-order valence-corrected chi connectivity index (χ3v) is 5.83. The highest BCUT2D eigenvalue weighted by atomic mass is 16.5. The number of likely N-dealkylation sites (tertiary alicyclic amines) is 1. The topological polar surface area (TPSA) is 75.8 Å². The summed E-state index contributed by atoms with van der Waals surface area (Å²) in [4.78, 5) is 13.8. The molecular weight excluding hydrogens is 342 g/mol. The number of amides is 1. The Kier molecular flexibility index (Phi) is 5.91. The molecule has 0 aliphatic carbocycles. The van der Waals surface area contributed by atoms with Gasteiger partial charge in [0.05, 0.1) is 25.8 Å². The van der Waals surface area contributed by atoms with Crippen LogP contribution in [0.25, 0.3) is 0 Å². The van der Waals surface area contributed by atoms with Crippen LogP contribution in [0.15, 0.2) is 18.2 Å². The maximum absolute atomic E-state index is 12.6. The van der Waals surface area contributed by atoms with E-state index in [1.807, 2.05) is 19.9 Å². The van der Waals surface area contributed by atoms with E-state index in [2.05, 4.69) is 23.5 Å². The monoisotopic (exact) mass is 372 g/mol. The van der Waals surface area contributed by atoms with Gasteiger partial charge < -0.3 is 19.7 Å². The summed E-state index contributed by atoms with van der Waals surface area (Å²) in [5.74, 6) is 1.59. The van der Waals surface area contributed by atoms with Crippen LogP contribution in [-0.2, 0) is 4.79 Å². The molecular formula is C21H30N3O3+. The molecule has 2 aliphatic rings. The van der Waals surface area contributed by atoms with Crippen LogP contribution in [0.4, 0.5) is 0 Å². The molecule has 1 amide bonds. The molecule has 0 spiro atoms. The molecule has 0 bridgehead atoms. The van der Waals surface area contributed by atoms with Crippen LogP contribution in [0.1, 0.15) is 51.6 Å². The van der Waals surface area contributed by atoms with Gasteiger partial charge in [0.1, 0.15) is 11.6 Å². The molecule has 1 unspecified atom stereocenters. The Hall–Kier alpha value is -2.26. The van der Waals surface area contributed by atoms with E-state index in [-0.39, 0.29) is 17.9 Å². The number of carbonyl (C=O) groups excluding carboxylic acids is 1. The number of nitriles is 1. The minimum atomic E-state index is -0.832. The molecule has 0 saturated carbocycles. The Bertz CT molecular complexity index is 728. The van der Waals surface area contributed by atoms with Crippen molar-refractivity contribution in [3.05, 3.63) is 23.8 Å². The van der Waals surface area contributed by atoms with E-state index in [0.717, 1.165) is 37.3 Å². The van der Waals surface area contributed by atoms with Gasteiger partial charge in [-0.2, -0.15) is 5.26 Å². The lowest BCUT2D eigenvalue weighted by Crippen LogP contribution is -3.11. The zero-order valence-electron chi connectivity index (χ0n) is 16.5. The van der Waals surface area contributed by atoms with Crippen LogP contribution in [-0.4, -0.2) is 37.7 Å². The summed E-state index contributed by atoms with van der Waals surface area (Å²) in [6.07, 6.45) is 3.02. The van der Waals surface area contributed by atoms with E-state index in [1.165, 1.54) is 10.5 Å². The average Bonchev–Trinajstić information content (AvgIpc) is 2.96. The molecule has 0 radical (unpaired) electrons. The molecule has 0 aromatic heterocycles. The van der Waals surface area contributed by atoms with Gasteiger partial charge in [-0.05, 0) is 31.0 Å². The van der Waals surface area contributed by atoms with Crippen molar-refractivity contribution in [2.24, 2.45) is 5.92 Å². The number of hydrogen-bond acceptors (Lipinski definition) is 4. The molecule has 1 saturated heterocycles. The molecule has 3 rings (SSSR count). The summed E-state index contributed by atoms with van der Waals surface area (Å²) >= 11 is 0. The smallest absolute Gasteiger partial charge is 0.276 e. The summed E-state index contributed by atoms with van der Waals surface area (Å²) in [6, 6.07) is 8.66. The lowest BCUT2D eigenvalue weighted by atomic mass is 9.90. The first-order valence-corrected chi connectivity index (χ1v) is 9.89. The van der Waals surface area contributed by atoms with Crippen molar-refractivity contribution in [2.75, 3.05) is 26.3 Å². The molecule has 2 aliphatic heterocycles. The molecule has 3 atom stereocenters. The predicted octanol–water partition coefficient (Wildman–Crippen LogP) is 1.62. The van der Waals surface area contributed by atoms with Crippen LogP contribution in [0.2, 0.25) is 0 Å². The fourth-order valence-electron chi connectivity index (χ4n) is 3.76. The van der Waals surface area contributed by atoms with E-state index in [9.17, 15) is 10.1 Å². The van der Waals surface area contributed by atoms with Crippen molar-refractivity contribution in [1.29, 1.82) is 5.26 Å². The van der Waals surface area contributed by atoms with Crippen molar-refractivity contribution in [3.63, 3.8) is 0 Å². The second-order valence-corrected chi connectivity index (χ2v) is 8.05. The first kappa shape index (κ1) is 19.5. The summed E-state index contributed by atoms with van der Waals surface area (Å²) in [7, 11) is 0. The minimum absolute atomic E-state index is 0.0533. The maximum Gasteiger partial charge on any atom is 0.276 e. The van der Waals surface area contributed by atoms with E-state index in [1.54, 1.807) is 6.92 Å². The maximum atomic E-state index is 12.6. The molecule has 1 aromatic rings. The van der Waals surface area contributed by atoms with Crippen molar-refractivity contribution in [3.8, 4) is 17.6 Å². The summed E-state index contributed by atoms with van der Waals surface area (Å²) in [6.45, 7) is 8.37. The lowest BCUT2D eigenvalue weighted by molar-refractivity contribution is -0.910. The van der Waals surface area contributed by atoms with Crippen molar-refractivity contribution < 1.29 is 19.2 Å². The Morgan fingerprint density at radius 3 is 2.78 bits per heavy atom. The molecule has 27 heavy (non-hydrogen) atoms. The standard InChI is InChI=1S/C21H29N3O3/c1-15(2)21(3,14-22)23-20(25)13-24-9-4-6-17(24)16-7-8-18-19(12-16)27-11-5-10-26-18/h7-8,12,15,17H,4-6,9-11,13H2,1-3H3,(H,23,25)/p+1/t17-,21-/m1/s1. The number of nitrogens with one attached hydrogen (secondary N) is 2. The van der Waals surface area contributed by atoms with Gasteiger partial charge in [0, 0.05) is 24.8 Å². The zero-order chi connectivity index (χ0) is 19.4. The van der Waals surface area contributed by atoms with Gasteiger partial charge in [-0.25, -0.2) is 0 Å². The molecule has 2 heterocycles. The van der Waals surface area contributed by atoms with Gasteiger partial charge in [-0.15, -0.1) is 0 Å². The van der Waals surface area contributed by atoms with Gasteiger partial charge in [-0.3, -0.25) is 4.79 Å². The molecule has 1 fully saturated rings. The van der Waals surface area contributed by atoms with Crippen LogP contribution >= 0.6 is 0 Å². The predicted molar refractivity (Wildman–Crippen MR) is 102 cm³/mol. The van der Waals surface area contributed by atoms with Crippen molar-refractivity contribution in [1.82, 2.24) is 5.32 Å². The Morgan fingerprint density at radius 2 is 2.07 bits per heavy atom. The van der Waals surface area contributed by atoms with Crippen molar-refractivity contribution in [2.45, 2.75) is 51.6 Å². The quantitative estimate of drug-likeness (QED) is 0.824. The van der Waals surface area contributed by atoms with Gasteiger partial charge in [-0.1, -0.05) is 13.8 Å². The third kappa shape index (κ3) is 4.36. The second kappa shape index (κ2) is 8.18. The van der Waals surface area contributed by atoms with Gasteiger partial charge >= 0.3 is 0 Å². The lowest BCUT2D eigenvalue weighted by Gasteiger charge is -2.29. The molecule has 146 valence electrons. The van der Waals surface area contributed by atoms with E-state index in [4.69, 9.17) is 9.47 Å². The molecule has 2 N–H and O–H groups in total. The molecule has 6 nitrogen and oxygen atoms in total. The number of fused-ring (bicyclic) bond motifs is 1. The fraction of sp³-hybridized carbons (Fsp3) is 0.619. The number of carbonyl (C=O) groups is 1. The van der Waals surface area contributed by atoms with Crippen LogP contribution in [0.5, 0.6) is 11.5 Å². The number of quaternary nitrogens is 1. The summed E-state index contributed by atoms with van der Waals surface area (Å²) in [5, 5.41) is 12.4. The van der Waals surface area contributed by atoms with E-state index in [0.29, 0.717) is 19.8 Å². The SMILES string of the molecule is CC(C)[C@@](C)(C#N)NC(=O)C[NH+]1CCC[C@@H]1c1ccc2c(c1)OCCCO2. The molecule has 6 heteroatoms. The third-order valence-electron chi connectivity index (χ3n) is 5.83. The fourth-order valence-corrected chi connectivity index (χ4v) is 3.76. The Morgan fingerprint density at radius 1 is 1.33 bits per heavy atom. The Balaban J connectivity index is 1.70. The first-order chi connectivity index (χ1) is 12.9. The summed E-state index contributed by atoms with van der Waals surface area (Å²) in [5.41, 5.74) is 0.354. The number of ether oxygens (including phenoxy) is 2. The van der Waals surface area contributed by atoms with Gasteiger partial charge in [0.25, 0.3) is 5.91 Å². The highest BCUT2D eigenvalue weighted by Crippen LogP contribution is 2.33. The van der Waals surface area contributed by atoms with Gasteiger partial charge in [0.15, 0.2) is 18.0 Å². The van der Waals surface area contributed by atoms with Crippen molar-refractivity contribution >= 4 is 5.91 Å². The number of rotatable bonds is 5. The normalized spacial score (nSPS) is 24.0. The van der Waals surface area contributed by atoms with Crippen LogP contribution in [0.3, 0.4) is 0 Å². The second-order valence-electron chi connectivity index (χ2n) is 8.05. The van der Waals surface area contributed by atoms with Gasteiger partial charge in [0.2, 0.25) is 0 Å². The van der Waals surface area contributed by atoms with E-state index < -0.39 is 5.54 Å². The number of hydrogen-bond donors (Lipinski definition) is 2. The summed E-state index contributed by atoms with van der Waals surface area (Å²) < 4.78 is 11.5. The average molecular weight is 372 g/mol. The van der Waals surface area contributed by atoms with E-state index >= 15 is 0 Å².